The molecule has 5 aromatic rings. The van der Waals surface area contributed by atoms with Crippen LogP contribution in [0.3, 0.4) is 0 Å². The lowest BCUT2D eigenvalue weighted by Gasteiger charge is -2.24. The van der Waals surface area contributed by atoms with Crippen molar-refractivity contribution >= 4 is 61.7 Å². The third-order valence-electron chi connectivity index (χ3n) is 9.90. The summed E-state index contributed by atoms with van der Waals surface area (Å²) in [6, 6.07) is 29.0. The van der Waals surface area contributed by atoms with E-state index in [-0.39, 0.29) is 34.3 Å². The second kappa shape index (κ2) is 15.8. The number of carbonyl (C=O) groups is 3. The lowest BCUT2D eigenvalue weighted by molar-refractivity contribution is 0.0986. The molecule has 0 saturated carbocycles. The molecule has 0 fully saturated rings. The molecule has 5 aromatic carbocycles. The first-order valence-corrected chi connectivity index (χ1v) is 18.2. The highest BCUT2D eigenvalue weighted by Crippen LogP contribution is 2.36. The van der Waals surface area contributed by atoms with Crippen LogP contribution in [0.1, 0.15) is 56.0 Å². The minimum Gasteiger partial charge on any atom is -0.507 e. The minimum absolute atomic E-state index is 0.0210. The Hall–Kier alpha value is -6.98. The first kappa shape index (κ1) is 38.7. The van der Waals surface area contributed by atoms with Crippen LogP contribution in [0, 0.1) is 11.3 Å². The molecule has 0 unspecified atom stereocenters. The molecule has 8 nitrogen and oxygen atoms in total. The van der Waals surface area contributed by atoms with Crippen molar-refractivity contribution in [2.24, 2.45) is 0 Å². The number of ketones is 3. The van der Waals surface area contributed by atoms with Crippen LogP contribution in [-0.4, -0.2) is 64.7 Å². The lowest BCUT2D eigenvalue weighted by Crippen LogP contribution is -2.18. The fourth-order valence-corrected chi connectivity index (χ4v) is 6.90. The summed E-state index contributed by atoms with van der Waals surface area (Å²) in [5.74, 6) is -0.758. The number of carbonyl (C=O) groups excluding carboxylic acids is 3. The number of hydrogen-bond acceptors (Lipinski definition) is 8. The lowest BCUT2D eigenvalue weighted by atomic mass is 10.0. The van der Waals surface area contributed by atoms with Gasteiger partial charge in [0, 0.05) is 70.2 Å². The molecule has 0 aromatic heterocycles. The molecule has 0 amide bonds. The Morgan fingerprint density at radius 3 is 1.50 bits per heavy atom. The zero-order chi connectivity index (χ0) is 40.4. The Morgan fingerprint density at radius 2 is 1.07 bits per heavy atom. The standard InChI is InChI=1S/C35H24O4.C13H20N4/c1-20(11-13-26-32(36)28-16-22-7-3-4-8-23(22)17-29(28)33(26)37)15-21(2)12-14-27-34(38)30-18-24-9-5-6-10-25(24)19-31(30)35(27)39;1-15(2)10-7-12(16(3)4)11(9-14)13(8-10)17(5)6/h3-19,36H,1-2H3;7-8H,1-6H3/b13-11+,20-15+,21-12+;. The maximum atomic E-state index is 13.0. The van der Waals surface area contributed by atoms with E-state index in [1.54, 1.807) is 36.4 Å². The van der Waals surface area contributed by atoms with Crippen LogP contribution in [0.15, 0.2) is 138 Å². The number of allylic oxidation sites excluding steroid dienone is 9. The summed E-state index contributed by atoms with van der Waals surface area (Å²) in [4.78, 5) is 44.9. The normalized spacial score (nSPS) is 13.9. The van der Waals surface area contributed by atoms with E-state index in [2.05, 4.69) is 6.07 Å². The van der Waals surface area contributed by atoms with Gasteiger partial charge in [0.25, 0.3) is 0 Å². The zero-order valence-electron chi connectivity index (χ0n) is 32.9. The van der Waals surface area contributed by atoms with Crippen molar-refractivity contribution in [1.82, 2.24) is 0 Å². The van der Waals surface area contributed by atoms with Crippen LogP contribution in [0.5, 0.6) is 0 Å². The first-order valence-electron chi connectivity index (χ1n) is 18.2. The van der Waals surface area contributed by atoms with Gasteiger partial charge in [0.1, 0.15) is 11.8 Å². The molecule has 0 aliphatic heterocycles. The van der Waals surface area contributed by atoms with Crippen LogP contribution in [0.4, 0.5) is 17.1 Å². The average molecular weight is 741 g/mol. The van der Waals surface area contributed by atoms with Crippen molar-refractivity contribution in [2.75, 3.05) is 57.0 Å². The first-order chi connectivity index (χ1) is 26.7. The number of nitriles is 1. The molecule has 56 heavy (non-hydrogen) atoms. The van der Waals surface area contributed by atoms with Crippen molar-refractivity contribution in [3.8, 4) is 6.07 Å². The van der Waals surface area contributed by atoms with Gasteiger partial charge in [-0.1, -0.05) is 77.9 Å². The molecule has 1 N–H and O–H groups in total. The summed E-state index contributed by atoms with van der Waals surface area (Å²) >= 11 is 0. The Labute approximate surface area is 327 Å². The average Bonchev–Trinajstić information content (AvgIpc) is 3.55. The van der Waals surface area contributed by atoms with Crippen LogP contribution in [-0.2, 0) is 0 Å². The fraction of sp³-hybridized carbons (Fsp3) is 0.167. The summed E-state index contributed by atoms with van der Waals surface area (Å²) in [6.45, 7) is 3.76. The number of benzene rings is 5. The highest BCUT2D eigenvalue weighted by atomic mass is 16.3. The van der Waals surface area contributed by atoms with E-state index in [0.29, 0.717) is 27.8 Å². The number of rotatable bonds is 7. The van der Waals surface area contributed by atoms with Gasteiger partial charge >= 0.3 is 0 Å². The van der Waals surface area contributed by atoms with Crippen LogP contribution < -0.4 is 14.7 Å². The van der Waals surface area contributed by atoms with Gasteiger partial charge in [-0.05, 0) is 83.9 Å². The monoisotopic (exact) mass is 740 g/mol. The number of hydrogen-bond donors (Lipinski definition) is 1. The van der Waals surface area contributed by atoms with Gasteiger partial charge in [-0.2, -0.15) is 5.26 Å². The predicted molar refractivity (Wildman–Crippen MR) is 229 cm³/mol. The van der Waals surface area contributed by atoms with Gasteiger partial charge in [-0.25, -0.2) is 0 Å². The van der Waals surface area contributed by atoms with Gasteiger partial charge in [0.2, 0.25) is 0 Å². The Kier molecular flexibility index (Phi) is 10.9. The number of fused-ring (bicyclic) bond motifs is 4. The fourth-order valence-electron chi connectivity index (χ4n) is 6.90. The van der Waals surface area contributed by atoms with E-state index in [4.69, 9.17) is 0 Å². The Balaban J connectivity index is 0.000000264. The van der Waals surface area contributed by atoms with Crippen molar-refractivity contribution < 1.29 is 19.5 Å². The molecular formula is C48H44N4O4. The third-order valence-corrected chi connectivity index (χ3v) is 9.90. The largest absolute Gasteiger partial charge is 0.507 e. The third kappa shape index (κ3) is 7.53. The maximum Gasteiger partial charge on any atom is 0.197 e. The summed E-state index contributed by atoms with van der Waals surface area (Å²) < 4.78 is 0. The predicted octanol–water partition coefficient (Wildman–Crippen LogP) is 9.67. The summed E-state index contributed by atoms with van der Waals surface area (Å²) in [5.41, 5.74) is 7.70. The molecule has 2 aliphatic rings. The Morgan fingerprint density at radius 1 is 0.625 bits per heavy atom. The molecular weight excluding hydrogens is 697 g/mol. The van der Waals surface area contributed by atoms with Crippen LogP contribution in [0.25, 0.3) is 27.3 Å². The van der Waals surface area contributed by atoms with Gasteiger partial charge in [-0.15, -0.1) is 0 Å². The molecule has 0 atom stereocenters. The van der Waals surface area contributed by atoms with Crippen molar-refractivity contribution in [3.63, 3.8) is 0 Å². The smallest absolute Gasteiger partial charge is 0.197 e. The van der Waals surface area contributed by atoms with Crippen LogP contribution in [0.2, 0.25) is 0 Å². The molecule has 8 heteroatoms. The minimum atomic E-state index is -0.264. The van der Waals surface area contributed by atoms with E-state index in [0.717, 1.165) is 49.8 Å². The van der Waals surface area contributed by atoms with Gasteiger partial charge in [-0.3, -0.25) is 14.4 Å². The molecule has 0 radical (unpaired) electrons. The quantitative estimate of drug-likeness (QED) is 0.1000. The van der Waals surface area contributed by atoms with Gasteiger partial charge < -0.3 is 19.8 Å². The number of aliphatic hydroxyl groups is 1. The second-order valence-corrected chi connectivity index (χ2v) is 14.6. The number of Topliss-reactive ketones (excluding diaryl/α,β-unsaturated/α-hetero) is 3. The topological polar surface area (TPSA) is 105 Å². The van der Waals surface area contributed by atoms with E-state index in [1.807, 2.05) is 150 Å². The molecule has 0 heterocycles. The van der Waals surface area contributed by atoms with E-state index < -0.39 is 0 Å². The Bertz CT molecular complexity index is 2580. The van der Waals surface area contributed by atoms with Gasteiger partial charge in [0.05, 0.1) is 28.1 Å². The molecule has 280 valence electrons. The summed E-state index contributed by atoms with van der Waals surface area (Å²) in [6.07, 6.45) is 8.61. The van der Waals surface area contributed by atoms with Gasteiger partial charge in [0.15, 0.2) is 17.3 Å². The molecule has 2 aliphatic carbocycles. The van der Waals surface area contributed by atoms with E-state index >= 15 is 0 Å². The van der Waals surface area contributed by atoms with Crippen LogP contribution >= 0.6 is 0 Å². The molecule has 0 bridgehead atoms. The number of anilines is 3. The molecule has 0 spiro atoms. The SMILES string of the molecule is CC(=C\C=C1C(=O)c2cc3ccccc3cc2C1=O)/C=C(C)/C=C/C1=C(O)c2cc3ccccc3cc2C1=O.CN(C)c1cc(N(C)C)c(C#N)c(N(C)C)c1. The maximum absolute atomic E-state index is 13.0. The van der Waals surface area contributed by atoms with E-state index in [9.17, 15) is 24.8 Å². The van der Waals surface area contributed by atoms with Crippen molar-refractivity contribution in [1.29, 1.82) is 5.26 Å². The second-order valence-electron chi connectivity index (χ2n) is 14.6. The van der Waals surface area contributed by atoms with E-state index in [1.165, 1.54) is 0 Å². The number of aliphatic hydroxyl groups excluding tert-OH is 1. The zero-order valence-corrected chi connectivity index (χ0v) is 32.9. The van der Waals surface area contributed by atoms with Crippen molar-refractivity contribution in [3.05, 3.63) is 165 Å². The highest BCUT2D eigenvalue weighted by molar-refractivity contribution is 6.40. The highest BCUT2D eigenvalue weighted by Gasteiger charge is 2.33. The summed E-state index contributed by atoms with van der Waals surface area (Å²) in [5, 5.41) is 23.8. The van der Waals surface area contributed by atoms with Crippen molar-refractivity contribution in [2.45, 2.75) is 13.8 Å². The molecule has 7 rings (SSSR count). The molecule has 0 saturated heterocycles. The number of nitrogens with zero attached hydrogens (tertiary/aromatic N) is 4. The summed E-state index contributed by atoms with van der Waals surface area (Å²) in [7, 11) is 11.8.